The minimum Gasteiger partial charge on any atom is -0.331 e. The summed E-state index contributed by atoms with van der Waals surface area (Å²) in [5.74, 6) is -0.336. The molecule has 1 fully saturated rings. The van der Waals surface area contributed by atoms with Crippen molar-refractivity contribution in [3.8, 4) is 0 Å². The molecule has 0 spiro atoms. The molecule has 2 amide bonds. The molecule has 2 aromatic rings. The molecule has 6 heteroatoms. The van der Waals surface area contributed by atoms with Crippen molar-refractivity contribution in [3.63, 3.8) is 0 Å². The van der Waals surface area contributed by atoms with Crippen molar-refractivity contribution in [2.45, 2.75) is 19.9 Å². The smallest absolute Gasteiger partial charge is 0.290 e. The van der Waals surface area contributed by atoms with Crippen LogP contribution in [0, 0.1) is 0 Å². The Kier molecular flexibility index (Phi) is 3.31. The molecule has 0 radical (unpaired) electrons. The van der Waals surface area contributed by atoms with Gasteiger partial charge in [-0.2, -0.15) is 0 Å². The topological polar surface area (TPSA) is 64.0 Å². The average Bonchev–Trinajstić information content (AvgIpc) is 2.94. The molecule has 20 heavy (non-hydrogen) atoms. The number of benzene rings is 1. The maximum atomic E-state index is 11.5. The van der Waals surface area contributed by atoms with Gasteiger partial charge in [-0.15, -0.1) is 0 Å². The summed E-state index contributed by atoms with van der Waals surface area (Å²) < 4.78 is 2.10. The van der Waals surface area contributed by atoms with Gasteiger partial charge in [-0.25, -0.2) is 4.98 Å². The van der Waals surface area contributed by atoms with Gasteiger partial charge in [0.2, 0.25) is 0 Å². The molecule has 1 saturated heterocycles. The van der Waals surface area contributed by atoms with E-state index in [2.05, 4.69) is 21.8 Å². The van der Waals surface area contributed by atoms with E-state index in [0.29, 0.717) is 4.91 Å². The Morgan fingerprint density at radius 1 is 1.40 bits per heavy atom. The van der Waals surface area contributed by atoms with Gasteiger partial charge in [0.15, 0.2) is 0 Å². The van der Waals surface area contributed by atoms with Crippen LogP contribution in [0.3, 0.4) is 0 Å². The van der Waals surface area contributed by atoms with Crippen molar-refractivity contribution in [1.29, 1.82) is 0 Å². The fourth-order valence-electron chi connectivity index (χ4n) is 2.16. The lowest BCUT2D eigenvalue weighted by molar-refractivity contribution is -0.115. The van der Waals surface area contributed by atoms with Crippen LogP contribution in [-0.2, 0) is 11.3 Å². The third kappa shape index (κ3) is 2.34. The number of hydrogen-bond donors (Lipinski definition) is 1. The van der Waals surface area contributed by atoms with Gasteiger partial charge in [0, 0.05) is 6.54 Å². The first-order valence-corrected chi connectivity index (χ1v) is 7.19. The van der Waals surface area contributed by atoms with Gasteiger partial charge < -0.3 is 4.57 Å². The monoisotopic (exact) mass is 287 g/mol. The number of aromatic nitrogens is 2. The van der Waals surface area contributed by atoms with Crippen LogP contribution in [-0.4, -0.2) is 20.7 Å². The zero-order valence-electron chi connectivity index (χ0n) is 10.9. The summed E-state index contributed by atoms with van der Waals surface area (Å²) >= 11 is 0.923. The number of hydrogen-bond acceptors (Lipinski definition) is 4. The predicted octanol–water partition coefficient (Wildman–Crippen LogP) is 2.77. The molecule has 5 nitrogen and oxygen atoms in total. The third-order valence-electron chi connectivity index (χ3n) is 3.05. The number of imidazole rings is 1. The van der Waals surface area contributed by atoms with Gasteiger partial charge in [-0.1, -0.05) is 13.0 Å². The Morgan fingerprint density at radius 3 is 2.95 bits per heavy atom. The number of fused-ring (bicyclic) bond motifs is 1. The van der Waals surface area contributed by atoms with Gasteiger partial charge in [0.1, 0.15) is 0 Å². The fourth-order valence-corrected chi connectivity index (χ4v) is 2.84. The lowest BCUT2D eigenvalue weighted by atomic mass is 10.2. The van der Waals surface area contributed by atoms with Crippen LogP contribution in [0.4, 0.5) is 4.79 Å². The first-order valence-electron chi connectivity index (χ1n) is 6.37. The molecule has 0 bridgehead atoms. The Balaban J connectivity index is 1.96. The van der Waals surface area contributed by atoms with Gasteiger partial charge in [-0.3, -0.25) is 14.9 Å². The second kappa shape index (κ2) is 5.13. The SMILES string of the molecule is CCCn1cnc2cc(/C=C3\SC(=O)NC3=O)ccc21. The van der Waals surface area contributed by atoms with Crippen molar-refractivity contribution < 1.29 is 9.59 Å². The number of rotatable bonds is 3. The zero-order chi connectivity index (χ0) is 14.1. The zero-order valence-corrected chi connectivity index (χ0v) is 11.7. The van der Waals surface area contributed by atoms with Crippen LogP contribution in [0.15, 0.2) is 29.4 Å². The number of carbonyl (C=O) groups is 2. The molecule has 1 aliphatic rings. The molecule has 0 atom stereocenters. The van der Waals surface area contributed by atoms with Crippen molar-refractivity contribution in [1.82, 2.24) is 14.9 Å². The molecular formula is C14H13N3O2S. The number of aryl methyl sites for hydroxylation is 1. The fraction of sp³-hybridized carbons (Fsp3) is 0.214. The van der Waals surface area contributed by atoms with Gasteiger partial charge in [0.05, 0.1) is 22.3 Å². The van der Waals surface area contributed by atoms with E-state index in [1.807, 2.05) is 24.5 Å². The third-order valence-corrected chi connectivity index (χ3v) is 3.86. The molecule has 1 aliphatic heterocycles. The molecule has 3 rings (SSSR count). The lowest BCUT2D eigenvalue weighted by Gasteiger charge is -2.01. The van der Waals surface area contributed by atoms with Crippen molar-refractivity contribution >= 4 is 40.0 Å². The molecule has 1 N–H and O–H groups in total. The summed E-state index contributed by atoms with van der Waals surface area (Å²) in [4.78, 5) is 27.4. The van der Waals surface area contributed by atoms with Crippen molar-refractivity contribution in [3.05, 3.63) is 35.0 Å². The Bertz CT molecular complexity index is 733. The number of nitrogens with one attached hydrogen (secondary N) is 1. The number of imide groups is 1. The summed E-state index contributed by atoms with van der Waals surface area (Å²) in [5, 5.41) is 1.92. The minimum absolute atomic E-state index is 0.324. The number of amides is 2. The first-order chi connectivity index (χ1) is 9.67. The largest absolute Gasteiger partial charge is 0.331 e. The van der Waals surface area contributed by atoms with E-state index in [-0.39, 0.29) is 11.1 Å². The molecule has 0 unspecified atom stereocenters. The second-order valence-corrected chi connectivity index (χ2v) is 5.55. The Hall–Kier alpha value is -2.08. The highest BCUT2D eigenvalue weighted by molar-refractivity contribution is 8.18. The highest BCUT2D eigenvalue weighted by Crippen LogP contribution is 2.26. The number of carbonyl (C=O) groups excluding carboxylic acids is 2. The highest BCUT2D eigenvalue weighted by atomic mass is 32.2. The van der Waals surface area contributed by atoms with E-state index in [1.54, 1.807) is 6.08 Å². The van der Waals surface area contributed by atoms with E-state index < -0.39 is 0 Å². The molecule has 102 valence electrons. The van der Waals surface area contributed by atoms with Crippen molar-refractivity contribution in [2.75, 3.05) is 0 Å². The van der Waals surface area contributed by atoms with Crippen LogP contribution >= 0.6 is 11.8 Å². The average molecular weight is 287 g/mol. The standard InChI is InChI=1S/C14H13N3O2S/c1-2-5-17-8-15-10-6-9(3-4-11(10)17)7-12-13(18)16-14(19)20-12/h3-4,6-8H,2,5H2,1H3,(H,16,18,19)/b12-7-. The van der Waals surface area contributed by atoms with E-state index in [4.69, 9.17) is 0 Å². The molecule has 2 heterocycles. The molecule has 0 aliphatic carbocycles. The summed E-state index contributed by atoms with van der Waals surface area (Å²) in [6, 6.07) is 5.84. The molecule has 1 aromatic carbocycles. The highest BCUT2D eigenvalue weighted by Gasteiger charge is 2.24. The van der Waals surface area contributed by atoms with Gasteiger partial charge in [-0.05, 0) is 42.0 Å². The summed E-state index contributed by atoms with van der Waals surface area (Å²) in [6.07, 6.45) is 4.59. The summed E-state index contributed by atoms with van der Waals surface area (Å²) in [6.45, 7) is 3.06. The number of nitrogens with zero attached hydrogens (tertiary/aromatic N) is 2. The number of thioether (sulfide) groups is 1. The summed E-state index contributed by atoms with van der Waals surface area (Å²) in [5.41, 5.74) is 2.84. The minimum atomic E-state index is -0.336. The van der Waals surface area contributed by atoms with Crippen LogP contribution in [0.5, 0.6) is 0 Å². The predicted molar refractivity (Wildman–Crippen MR) is 79.1 cm³/mol. The van der Waals surface area contributed by atoms with E-state index >= 15 is 0 Å². The van der Waals surface area contributed by atoms with Gasteiger partial charge >= 0.3 is 0 Å². The van der Waals surface area contributed by atoms with Crippen molar-refractivity contribution in [2.24, 2.45) is 0 Å². The second-order valence-electron chi connectivity index (χ2n) is 4.54. The Labute approximate surface area is 120 Å². The summed E-state index contributed by atoms with van der Waals surface area (Å²) in [7, 11) is 0. The molecular weight excluding hydrogens is 274 g/mol. The maximum Gasteiger partial charge on any atom is 0.290 e. The lowest BCUT2D eigenvalue weighted by Crippen LogP contribution is -2.17. The molecule has 1 aromatic heterocycles. The molecule has 0 saturated carbocycles. The van der Waals surface area contributed by atoms with Crippen LogP contribution in [0.2, 0.25) is 0 Å². The normalized spacial score (nSPS) is 17.1. The van der Waals surface area contributed by atoms with E-state index in [0.717, 1.165) is 41.3 Å². The Morgan fingerprint density at radius 2 is 2.25 bits per heavy atom. The van der Waals surface area contributed by atoms with E-state index in [9.17, 15) is 9.59 Å². The van der Waals surface area contributed by atoms with Crippen LogP contribution < -0.4 is 5.32 Å². The van der Waals surface area contributed by atoms with Crippen LogP contribution in [0.1, 0.15) is 18.9 Å². The first kappa shape index (κ1) is 12.9. The van der Waals surface area contributed by atoms with Crippen LogP contribution in [0.25, 0.3) is 17.1 Å². The maximum absolute atomic E-state index is 11.5. The van der Waals surface area contributed by atoms with Gasteiger partial charge in [0.25, 0.3) is 11.1 Å². The quantitative estimate of drug-likeness (QED) is 0.882. The van der Waals surface area contributed by atoms with E-state index in [1.165, 1.54) is 0 Å².